The summed E-state index contributed by atoms with van der Waals surface area (Å²) in [5.41, 5.74) is 2.92. The number of nitrogens with one attached hydrogen (secondary N) is 1. The molecule has 0 saturated heterocycles. The minimum Gasteiger partial charge on any atom is -0.472 e. The molecule has 0 fully saturated rings. The molecule has 1 atom stereocenters. The summed E-state index contributed by atoms with van der Waals surface area (Å²) < 4.78 is 6.82. The first-order valence-corrected chi connectivity index (χ1v) is 6.09. The van der Waals surface area contributed by atoms with Crippen molar-refractivity contribution in [2.24, 2.45) is 7.05 Å². The van der Waals surface area contributed by atoms with Crippen LogP contribution in [0.3, 0.4) is 0 Å². The van der Waals surface area contributed by atoms with E-state index in [1.54, 1.807) is 6.07 Å². The van der Waals surface area contributed by atoms with Gasteiger partial charge in [0, 0.05) is 18.3 Å². The molecular weight excluding hydrogens is 230 g/mol. The van der Waals surface area contributed by atoms with Gasteiger partial charge in [0.2, 0.25) is 0 Å². The molecule has 2 aromatic rings. The van der Waals surface area contributed by atoms with E-state index in [-0.39, 0.29) is 11.9 Å². The molecule has 94 valence electrons. The number of fused-ring (bicyclic) bond motifs is 1. The van der Waals surface area contributed by atoms with Gasteiger partial charge in [-0.1, -0.05) is 0 Å². The fourth-order valence-corrected chi connectivity index (χ4v) is 2.49. The van der Waals surface area contributed by atoms with Gasteiger partial charge >= 0.3 is 0 Å². The van der Waals surface area contributed by atoms with E-state index in [1.807, 2.05) is 17.9 Å². The third-order valence-corrected chi connectivity index (χ3v) is 3.46. The van der Waals surface area contributed by atoms with Crippen LogP contribution in [0.1, 0.15) is 40.5 Å². The van der Waals surface area contributed by atoms with E-state index >= 15 is 0 Å². The summed E-state index contributed by atoms with van der Waals surface area (Å²) in [5, 5.41) is 7.30. The van der Waals surface area contributed by atoms with E-state index in [9.17, 15) is 4.79 Å². The van der Waals surface area contributed by atoms with Crippen LogP contribution in [0.4, 0.5) is 0 Å². The molecule has 0 saturated carbocycles. The van der Waals surface area contributed by atoms with E-state index in [0.717, 1.165) is 24.8 Å². The first-order valence-electron chi connectivity index (χ1n) is 6.09. The minimum absolute atomic E-state index is 0.0600. The summed E-state index contributed by atoms with van der Waals surface area (Å²) >= 11 is 0. The Balaban J connectivity index is 1.80. The lowest BCUT2D eigenvalue weighted by Gasteiger charge is -2.23. The van der Waals surface area contributed by atoms with Crippen LogP contribution < -0.4 is 5.32 Å². The number of hydrogen-bond donors (Lipinski definition) is 1. The molecule has 3 rings (SSSR count). The van der Waals surface area contributed by atoms with Crippen molar-refractivity contribution in [3.05, 3.63) is 41.6 Å². The number of aromatic nitrogens is 2. The predicted octanol–water partition coefficient (Wildman–Crippen LogP) is 1.82. The Morgan fingerprint density at radius 1 is 1.61 bits per heavy atom. The molecule has 0 aliphatic heterocycles. The summed E-state index contributed by atoms with van der Waals surface area (Å²) in [5.74, 6) is -0.0922. The largest absolute Gasteiger partial charge is 0.472 e. The van der Waals surface area contributed by atoms with E-state index < -0.39 is 0 Å². The SMILES string of the molecule is Cn1ncc2c1CCC[C@H]2NC(=O)c1ccoc1. The maximum Gasteiger partial charge on any atom is 0.255 e. The monoisotopic (exact) mass is 245 g/mol. The highest BCUT2D eigenvalue weighted by Gasteiger charge is 2.25. The number of amides is 1. The Bertz CT molecular complexity index is 557. The van der Waals surface area contributed by atoms with Gasteiger partial charge in [0.25, 0.3) is 5.91 Å². The molecule has 0 bridgehead atoms. The molecule has 0 unspecified atom stereocenters. The lowest BCUT2D eigenvalue weighted by molar-refractivity contribution is 0.0932. The Morgan fingerprint density at radius 3 is 3.28 bits per heavy atom. The van der Waals surface area contributed by atoms with Gasteiger partial charge in [0.1, 0.15) is 6.26 Å². The fraction of sp³-hybridized carbons (Fsp3) is 0.385. The Hall–Kier alpha value is -2.04. The molecular formula is C13H15N3O2. The zero-order valence-corrected chi connectivity index (χ0v) is 10.2. The Kier molecular flexibility index (Phi) is 2.66. The number of carbonyl (C=O) groups excluding carboxylic acids is 1. The summed E-state index contributed by atoms with van der Waals surface area (Å²) in [7, 11) is 1.94. The van der Waals surface area contributed by atoms with Crippen LogP contribution in [0.25, 0.3) is 0 Å². The summed E-state index contributed by atoms with van der Waals surface area (Å²) in [6, 6.07) is 1.73. The lowest BCUT2D eigenvalue weighted by atomic mass is 9.93. The molecule has 1 aliphatic rings. The summed E-state index contributed by atoms with van der Waals surface area (Å²) in [6.07, 6.45) is 7.89. The van der Waals surface area contributed by atoms with Crippen molar-refractivity contribution in [1.82, 2.24) is 15.1 Å². The molecule has 0 spiro atoms. The van der Waals surface area contributed by atoms with E-state index in [2.05, 4.69) is 10.4 Å². The van der Waals surface area contributed by atoms with Gasteiger partial charge in [-0.15, -0.1) is 0 Å². The molecule has 2 aromatic heterocycles. The summed E-state index contributed by atoms with van der Waals surface area (Å²) in [4.78, 5) is 12.0. The second-order valence-corrected chi connectivity index (χ2v) is 4.60. The van der Waals surface area contributed by atoms with Gasteiger partial charge < -0.3 is 9.73 Å². The zero-order chi connectivity index (χ0) is 12.5. The topological polar surface area (TPSA) is 60.1 Å². The predicted molar refractivity (Wildman–Crippen MR) is 65.1 cm³/mol. The molecule has 1 amide bonds. The smallest absolute Gasteiger partial charge is 0.255 e. The van der Waals surface area contributed by atoms with Gasteiger partial charge in [-0.25, -0.2) is 0 Å². The van der Waals surface area contributed by atoms with Crippen LogP contribution in [0, 0.1) is 0 Å². The van der Waals surface area contributed by atoms with Crippen LogP contribution in [0.15, 0.2) is 29.2 Å². The van der Waals surface area contributed by atoms with Crippen molar-refractivity contribution < 1.29 is 9.21 Å². The van der Waals surface area contributed by atoms with Crippen molar-refractivity contribution >= 4 is 5.91 Å². The van der Waals surface area contributed by atoms with Gasteiger partial charge in [0.05, 0.1) is 24.1 Å². The standard InChI is InChI=1S/C13H15N3O2/c1-16-12-4-2-3-11(10(12)7-14-16)15-13(17)9-5-6-18-8-9/h5-8,11H,2-4H2,1H3,(H,15,17)/t11-/m1/s1. The average molecular weight is 245 g/mol. The van der Waals surface area contributed by atoms with Crippen molar-refractivity contribution in [3.8, 4) is 0 Å². The number of nitrogens with zero attached hydrogens (tertiary/aromatic N) is 2. The normalized spacial score (nSPS) is 18.4. The molecule has 5 heteroatoms. The van der Waals surface area contributed by atoms with Crippen LogP contribution in [0.2, 0.25) is 0 Å². The molecule has 5 nitrogen and oxygen atoms in total. The number of hydrogen-bond acceptors (Lipinski definition) is 3. The first-order chi connectivity index (χ1) is 8.75. The van der Waals surface area contributed by atoms with Crippen molar-refractivity contribution in [1.29, 1.82) is 0 Å². The summed E-state index contributed by atoms with van der Waals surface area (Å²) in [6.45, 7) is 0. The number of rotatable bonds is 2. The quantitative estimate of drug-likeness (QED) is 0.878. The van der Waals surface area contributed by atoms with Gasteiger partial charge in [-0.3, -0.25) is 9.48 Å². The average Bonchev–Trinajstić information content (AvgIpc) is 3.00. The number of furan rings is 1. The minimum atomic E-state index is -0.0922. The molecule has 0 aromatic carbocycles. The highest BCUT2D eigenvalue weighted by molar-refractivity contribution is 5.94. The maximum absolute atomic E-state index is 12.0. The number of carbonyl (C=O) groups is 1. The van der Waals surface area contributed by atoms with Gasteiger partial charge in [-0.2, -0.15) is 5.10 Å². The second-order valence-electron chi connectivity index (χ2n) is 4.60. The van der Waals surface area contributed by atoms with Crippen LogP contribution in [-0.4, -0.2) is 15.7 Å². The van der Waals surface area contributed by atoms with Gasteiger partial charge in [-0.05, 0) is 25.3 Å². The second kappa shape index (κ2) is 4.33. The van der Waals surface area contributed by atoms with Crippen LogP contribution in [-0.2, 0) is 13.5 Å². The Morgan fingerprint density at radius 2 is 2.50 bits per heavy atom. The lowest BCUT2D eigenvalue weighted by Crippen LogP contribution is -2.30. The van der Waals surface area contributed by atoms with E-state index in [4.69, 9.17) is 4.42 Å². The van der Waals surface area contributed by atoms with Crippen molar-refractivity contribution in [3.63, 3.8) is 0 Å². The van der Waals surface area contributed by atoms with Crippen LogP contribution in [0.5, 0.6) is 0 Å². The van der Waals surface area contributed by atoms with E-state index in [0.29, 0.717) is 5.56 Å². The zero-order valence-electron chi connectivity index (χ0n) is 10.2. The fourth-order valence-electron chi connectivity index (χ4n) is 2.49. The highest BCUT2D eigenvalue weighted by Crippen LogP contribution is 2.29. The van der Waals surface area contributed by atoms with Crippen molar-refractivity contribution in [2.45, 2.75) is 25.3 Å². The Labute approximate surface area is 105 Å². The van der Waals surface area contributed by atoms with Gasteiger partial charge in [0.15, 0.2) is 0 Å². The third kappa shape index (κ3) is 1.81. The van der Waals surface area contributed by atoms with Crippen molar-refractivity contribution in [2.75, 3.05) is 0 Å². The molecule has 18 heavy (non-hydrogen) atoms. The molecule has 2 heterocycles. The number of aryl methyl sites for hydroxylation is 1. The molecule has 1 N–H and O–H groups in total. The van der Waals surface area contributed by atoms with E-state index in [1.165, 1.54) is 18.2 Å². The highest BCUT2D eigenvalue weighted by atomic mass is 16.3. The molecule has 0 radical (unpaired) electrons. The maximum atomic E-state index is 12.0. The van der Waals surface area contributed by atoms with Crippen LogP contribution >= 0.6 is 0 Å². The third-order valence-electron chi connectivity index (χ3n) is 3.46. The molecule has 1 aliphatic carbocycles. The first kappa shape index (κ1) is 11.1.